The van der Waals surface area contributed by atoms with Crippen LogP contribution in [-0.2, 0) is 0 Å². The van der Waals surface area contributed by atoms with Crippen LogP contribution in [0.5, 0.6) is 0 Å². The van der Waals surface area contributed by atoms with Crippen LogP contribution in [0.3, 0.4) is 0 Å². The molecular formula is C21H17FN4O. The maximum absolute atomic E-state index is 13.1. The Kier molecular flexibility index (Phi) is 4.16. The number of fused-ring (bicyclic) bond motifs is 1. The third-order valence-electron chi connectivity index (χ3n) is 4.42. The highest BCUT2D eigenvalue weighted by Gasteiger charge is 2.13. The molecule has 134 valence electrons. The fraction of sp³-hybridized carbons (Fsp3) is 0.0952. The first-order chi connectivity index (χ1) is 13.0. The summed E-state index contributed by atoms with van der Waals surface area (Å²) in [7, 11) is 0. The van der Waals surface area contributed by atoms with Gasteiger partial charge in [0, 0.05) is 11.3 Å². The van der Waals surface area contributed by atoms with Gasteiger partial charge in [0.05, 0.1) is 5.69 Å². The van der Waals surface area contributed by atoms with Crippen LogP contribution in [0.1, 0.15) is 21.5 Å². The molecule has 0 saturated carbocycles. The average molecular weight is 360 g/mol. The molecule has 0 bridgehead atoms. The smallest absolute Gasteiger partial charge is 0.255 e. The number of amides is 1. The first-order valence-electron chi connectivity index (χ1n) is 8.52. The number of halogens is 1. The van der Waals surface area contributed by atoms with Gasteiger partial charge in [-0.15, -0.1) is 10.2 Å². The molecule has 0 radical (unpaired) electrons. The second-order valence-corrected chi connectivity index (χ2v) is 6.39. The first kappa shape index (κ1) is 16.9. The molecule has 5 nitrogen and oxygen atoms in total. The minimum atomic E-state index is -0.312. The lowest BCUT2D eigenvalue weighted by molar-refractivity contribution is 0.102. The van der Waals surface area contributed by atoms with E-state index in [1.54, 1.807) is 24.3 Å². The third kappa shape index (κ3) is 3.29. The number of hydrogen-bond acceptors (Lipinski definition) is 3. The van der Waals surface area contributed by atoms with Gasteiger partial charge in [-0.05, 0) is 67.4 Å². The summed E-state index contributed by atoms with van der Waals surface area (Å²) in [6.45, 7) is 3.81. The Balaban J connectivity index is 1.68. The molecule has 0 spiro atoms. The van der Waals surface area contributed by atoms with E-state index in [1.165, 1.54) is 16.9 Å². The topological polar surface area (TPSA) is 59.8 Å². The molecule has 4 aromatic rings. The van der Waals surface area contributed by atoms with Crippen molar-refractivity contribution in [2.45, 2.75) is 13.8 Å². The predicted molar refractivity (Wildman–Crippen MR) is 103 cm³/mol. The van der Waals surface area contributed by atoms with E-state index in [-0.39, 0.29) is 11.7 Å². The van der Waals surface area contributed by atoms with Gasteiger partial charge in [-0.3, -0.25) is 4.79 Å². The summed E-state index contributed by atoms with van der Waals surface area (Å²) >= 11 is 0. The van der Waals surface area contributed by atoms with Gasteiger partial charge in [-0.1, -0.05) is 18.2 Å². The van der Waals surface area contributed by atoms with Crippen molar-refractivity contribution in [1.29, 1.82) is 0 Å². The molecule has 3 aromatic carbocycles. The summed E-state index contributed by atoms with van der Waals surface area (Å²) < 4.78 is 13.1. The van der Waals surface area contributed by atoms with E-state index in [0.717, 1.165) is 11.1 Å². The summed E-state index contributed by atoms with van der Waals surface area (Å²) in [5.74, 6) is -0.478. The van der Waals surface area contributed by atoms with Crippen molar-refractivity contribution in [3.05, 3.63) is 83.2 Å². The van der Waals surface area contributed by atoms with Crippen LogP contribution in [0, 0.1) is 19.7 Å². The zero-order valence-corrected chi connectivity index (χ0v) is 14.9. The van der Waals surface area contributed by atoms with Gasteiger partial charge in [0.2, 0.25) is 0 Å². The second kappa shape index (κ2) is 6.64. The minimum absolute atomic E-state index is 0.165. The Labute approximate surface area is 155 Å². The standard InChI is InChI=1S/C21H17FN4O/c1-13-5-3-4-6-17(13)21(27)23-18-12-20-19(11-14(18)2)24-26(25-20)16-9-7-15(22)8-10-16/h3-12H,1-2H3,(H,23,27). The molecule has 4 rings (SSSR count). The zero-order valence-electron chi connectivity index (χ0n) is 14.9. The molecule has 0 aliphatic carbocycles. The molecule has 27 heavy (non-hydrogen) atoms. The molecule has 0 aliphatic rings. The number of aromatic nitrogens is 3. The van der Waals surface area contributed by atoms with E-state index in [4.69, 9.17) is 0 Å². The van der Waals surface area contributed by atoms with Crippen LogP contribution >= 0.6 is 0 Å². The minimum Gasteiger partial charge on any atom is -0.322 e. The maximum atomic E-state index is 13.1. The van der Waals surface area contributed by atoms with Crippen LogP contribution in [0.2, 0.25) is 0 Å². The molecule has 1 amide bonds. The van der Waals surface area contributed by atoms with E-state index in [0.29, 0.717) is 28.0 Å². The first-order valence-corrected chi connectivity index (χ1v) is 8.52. The fourth-order valence-electron chi connectivity index (χ4n) is 2.91. The van der Waals surface area contributed by atoms with Crippen LogP contribution in [0.15, 0.2) is 60.7 Å². The number of hydrogen-bond donors (Lipinski definition) is 1. The Morgan fingerprint density at radius 1 is 0.926 bits per heavy atom. The number of nitrogens with zero attached hydrogens (tertiary/aromatic N) is 3. The average Bonchev–Trinajstić information content (AvgIpc) is 3.05. The molecule has 0 fully saturated rings. The third-order valence-corrected chi connectivity index (χ3v) is 4.42. The lowest BCUT2D eigenvalue weighted by atomic mass is 10.1. The van der Waals surface area contributed by atoms with E-state index in [1.807, 2.05) is 38.1 Å². The molecule has 6 heteroatoms. The molecule has 1 heterocycles. The van der Waals surface area contributed by atoms with Gasteiger partial charge in [0.25, 0.3) is 5.91 Å². The molecule has 0 unspecified atom stereocenters. The van der Waals surface area contributed by atoms with Crippen molar-refractivity contribution in [3.8, 4) is 5.69 Å². The van der Waals surface area contributed by atoms with Crippen molar-refractivity contribution >= 4 is 22.6 Å². The van der Waals surface area contributed by atoms with Crippen LogP contribution in [0.25, 0.3) is 16.7 Å². The predicted octanol–water partition coefficient (Wildman–Crippen LogP) is 4.43. The number of carbonyl (C=O) groups is 1. The lowest BCUT2D eigenvalue weighted by Gasteiger charge is -2.09. The Bertz CT molecular complexity index is 1150. The number of benzene rings is 3. The molecular weight excluding hydrogens is 343 g/mol. The second-order valence-electron chi connectivity index (χ2n) is 6.39. The van der Waals surface area contributed by atoms with E-state index < -0.39 is 0 Å². The largest absolute Gasteiger partial charge is 0.322 e. The number of rotatable bonds is 3. The molecule has 0 aliphatic heterocycles. The Hall–Kier alpha value is -3.54. The van der Waals surface area contributed by atoms with Crippen molar-refractivity contribution in [2.75, 3.05) is 5.32 Å². The van der Waals surface area contributed by atoms with E-state index in [2.05, 4.69) is 15.5 Å². The van der Waals surface area contributed by atoms with E-state index >= 15 is 0 Å². The summed E-state index contributed by atoms with van der Waals surface area (Å²) in [4.78, 5) is 14.0. The van der Waals surface area contributed by atoms with Gasteiger partial charge < -0.3 is 5.32 Å². The molecule has 0 atom stereocenters. The summed E-state index contributed by atoms with van der Waals surface area (Å²) in [6.07, 6.45) is 0. The number of nitrogens with one attached hydrogen (secondary N) is 1. The Morgan fingerprint density at radius 2 is 1.59 bits per heavy atom. The highest BCUT2D eigenvalue weighted by atomic mass is 19.1. The Morgan fingerprint density at radius 3 is 2.30 bits per heavy atom. The highest BCUT2D eigenvalue weighted by molar-refractivity contribution is 6.06. The quantitative estimate of drug-likeness (QED) is 0.588. The van der Waals surface area contributed by atoms with Crippen molar-refractivity contribution < 1.29 is 9.18 Å². The number of aryl methyl sites for hydroxylation is 2. The van der Waals surface area contributed by atoms with Crippen molar-refractivity contribution in [1.82, 2.24) is 15.0 Å². The van der Waals surface area contributed by atoms with E-state index in [9.17, 15) is 9.18 Å². The maximum Gasteiger partial charge on any atom is 0.255 e. The zero-order chi connectivity index (χ0) is 19.0. The highest BCUT2D eigenvalue weighted by Crippen LogP contribution is 2.23. The van der Waals surface area contributed by atoms with Gasteiger partial charge in [-0.25, -0.2) is 4.39 Å². The SMILES string of the molecule is Cc1cc2nn(-c3ccc(F)cc3)nc2cc1NC(=O)c1ccccc1C. The van der Waals surface area contributed by atoms with Crippen molar-refractivity contribution in [3.63, 3.8) is 0 Å². The summed E-state index contributed by atoms with van der Waals surface area (Å²) in [5, 5.41) is 11.8. The summed E-state index contributed by atoms with van der Waals surface area (Å²) in [5.41, 5.74) is 5.12. The lowest BCUT2D eigenvalue weighted by Crippen LogP contribution is -2.14. The molecule has 1 N–H and O–H groups in total. The van der Waals surface area contributed by atoms with Crippen LogP contribution in [0.4, 0.5) is 10.1 Å². The summed E-state index contributed by atoms with van der Waals surface area (Å²) in [6, 6.07) is 17.1. The van der Waals surface area contributed by atoms with Crippen LogP contribution < -0.4 is 5.32 Å². The van der Waals surface area contributed by atoms with Gasteiger partial charge in [-0.2, -0.15) is 4.80 Å². The fourth-order valence-corrected chi connectivity index (χ4v) is 2.91. The van der Waals surface area contributed by atoms with Crippen LogP contribution in [-0.4, -0.2) is 20.9 Å². The normalized spacial score (nSPS) is 10.9. The number of carbonyl (C=O) groups excluding carboxylic acids is 1. The monoisotopic (exact) mass is 360 g/mol. The van der Waals surface area contributed by atoms with Gasteiger partial charge in [0.1, 0.15) is 16.9 Å². The van der Waals surface area contributed by atoms with Crippen molar-refractivity contribution in [2.24, 2.45) is 0 Å². The molecule has 0 saturated heterocycles. The molecule has 1 aromatic heterocycles. The number of anilines is 1. The van der Waals surface area contributed by atoms with Gasteiger partial charge in [0.15, 0.2) is 0 Å². The van der Waals surface area contributed by atoms with Gasteiger partial charge >= 0.3 is 0 Å².